The maximum absolute atomic E-state index is 11.2. The molecule has 1 aromatic carbocycles. The maximum atomic E-state index is 11.2. The minimum Gasteiger partial charge on any atom is -0.478 e. The van der Waals surface area contributed by atoms with Gasteiger partial charge < -0.3 is 15.0 Å². The van der Waals surface area contributed by atoms with E-state index >= 15 is 0 Å². The van der Waals surface area contributed by atoms with Crippen LogP contribution in [0.15, 0.2) is 24.3 Å². The Bertz CT molecular complexity index is 572. The molecule has 2 aromatic rings. The van der Waals surface area contributed by atoms with Crippen LogP contribution in [0.3, 0.4) is 0 Å². The van der Waals surface area contributed by atoms with Gasteiger partial charge in [0.15, 0.2) is 0 Å². The van der Waals surface area contributed by atoms with Gasteiger partial charge in [0.25, 0.3) is 0 Å². The molecular weight excluding hydrogens is 228 g/mol. The molecule has 0 fully saturated rings. The molecule has 4 nitrogen and oxygen atoms in total. The summed E-state index contributed by atoms with van der Waals surface area (Å²) in [7, 11) is 0. The fourth-order valence-electron chi connectivity index (χ4n) is 2.30. The zero-order chi connectivity index (χ0) is 13.1. The number of nitrogens with zero attached hydrogens (tertiary/aromatic N) is 1. The van der Waals surface area contributed by atoms with Gasteiger partial charge >= 0.3 is 5.97 Å². The van der Waals surface area contributed by atoms with E-state index in [1.54, 1.807) is 12.1 Å². The van der Waals surface area contributed by atoms with Crippen LogP contribution in [0, 0.1) is 0 Å². The molecule has 4 heteroatoms. The van der Waals surface area contributed by atoms with Gasteiger partial charge in [-0.25, -0.2) is 4.79 Å². The van der Waals surface area contributed by atoms with Crippen LogP contribution in [0.25, 0.3) is 10.9 Å². The molecule has 0 saturated heterocycles. The number of hydrogen-bond acceptors (Lipinski definition) is 2. The van der Waals surface area contributed by atoms with Crippen LogP contribution in [0.5, 0.6) is 0 Å². The van der Waals surface area contributed by atoms with E-state index in [1.807, 2.05) is 12.1 Å². The first-order chi connectivity index (χ1) is 8.69. The van der Waals surface area contributed by atoms with E-state index in [0.29, 0.717) is 5.56 Å². The molecule has 1 aromatic heterocycles. The normalized spacial score (nSPS) is 11.0. The first-order valence-corrected chi connectivity index (χ1v) is 6.24. The van der Waals surface area contributed by atoms with Crippen molar-refractivity contribution in [3.05, 3.63) is 35.5 Å². The van der Waals surface area contributed by atoms with E-state index in [4.69, 9.17) is 0 Å². The second kappa shape index (κ2) is 5.23. The number of nitrogens with one attached hydrogen (secondary N) is 1. The highest BCUT2D eigenvalue weighted by molar-refractivity contribution is 6.03. The summed E-state index contributed by atoms with van der Waals surface area (Å²) < 4.78 is 2.16. The lowest BCUT2D eigenvalue weighted by molar-refractivity contribution is 0.0699. The second-order valence-corrected chi connectivity index (χ2v) is 4.20. The van der Waals surface area contributed by atoms with Gasteiger partial charge in [-0.05, 0) is 31.7 Å². The van der Waals surface area contributed by atoms with Gasteiger partial charge in [0.1, 0.15) is 0 Å². The molecule has 0 aliphatic rings. The third-order valence-electron chi connectivity index (χ3n) is 3.13. The third-order valence-corrected chi connectivity index (χ3v) is 3.13. The van der Waals surface area contributed by atoms with Crippen LogP contribution in [0.4, 0.5) is 0 Å². The fraction of sp³-hybridized carbons (Fsp3) is 0.357. The quantitative estimate of drug-likeness (QED) is 0.852. The van der Waals surface area contributed by atoms with Crippen LogP contribution in [0.2, 0.25) is 0 Å². The average Bonchev–Trinajstić information content (AvgIpc) is 2.73. The minimum absolute atomic E-state index is 0.373. The Balaban J connectivity index is 2.60. The fourth-order valence-corrected chi connectivity index (χ4v) is 2.30. The van der Waals surface area contributed by atoms with Gasteiger partial charge in [-0.2, -0.15) is 0 Å². The number of carbonyl (C=O) groups is 1. The van der Waals surface area contributed by atoms with Gasteiger partial charge in [0, 0.05) is 29.7 Å². The lowest BCUT2D eigenvalue weighted by atomic mass is 10.1. The molecule has 0 aliphatic heterocycles. The van der Waals surface area contributed by atoms with Crippen molar-refractivity contribution in [2.75, 3.05) is 6.54 Å². The smallest absolute Gasteiger partial charge is 0.336 e. The van der Waals surface area contributed by atoms with Gasteiger partial charge in [-0.15, -0.1) is 0 Å². The van der Waals surface area contributed by atoms with Crippen molar-refractivity contribution in [3.63, 3.8) is 0 Å². The molecule has 0 radical (unpaired) electrons. The number of rotatable bonds is 5. The predicted octanol–water partition coefficient (Wildman–Crippen LogP) is 2.47. The van der Waals surface area contributed by atoms with Gasteiger partial charge in [-0.1, -0.05) is 13.0 Å². The summed E-state index contributed by atoms with van der Waals surface area (Å²) in [4.78, 5) is 11.2. The van der Waals surface area contributed by atoms with E-state index in [0.717, 1.165) is 36.2 Å². The van der Waals surface area contributed by atoms with Gasteiger partial charge in [0.2, 0.25) is 0 Å². The van der Waals surface area contributed by atoms with Crippen molar-refractivity contribution in [2.45, 2.75) is 26.9 Å². The van der Waals surface area contributed by atoms with Crippen molar-refractivity contribution < 1.29 is 9.90 Å². The van der Waals surface area contributed by atoms with E-state index < -0.39 is 5.97 Å². The summed E-state index contributed by atoms with van der Waals surface area (Å²) in [5.41, 5.74) is 2.49. The van der Waals surface area contributed by atoms with Crippen LogP contribution < -0.4 is 5.32 Å². The summed E-state index contributed by atoms with van der Waals surface area (Å²) in [6.07, 6.45) is 0. The number of aromatic carboxylic acids is 1. The molecule has 0 saturated carbocycles. The molecule has 2 N–H and O–H groups in total. The van der Waals surface area contributed by atoms with Crippen molar-refractivity contribution in [3.8, 4) is 0 Å². The molecule has 0 amide bonds. The molecule has 0 aliphatic carbocycles. The van der Waals surface area contributed by atoms with E-state index in [2.05, 4.69) is 23.7 Å². The van der Waals surface area contributed by atoms with Crippen molar-refractivity contribution in [2.24, 2.45) is 0 Å². The average molecular weight is 246 g/mol. The number of carboxylic acid groups (broad SMARTS) is 1. The summed E-state index contributed by atoms with van der Waals surface area (Å²) in [6, 6.07) is 7.41. The second-order valence-electron chi connectivity index (χ2n) is 4.20. The van der Waals surface area contributed by atoms with Crippen molar-refractivity contribution in [1.82, 2.24) is 9.88 Å². The SMILES string of the molecule is CCNCc1cc2c(C(=O)O)cccc2n1CC. The molecule has 0 atom stereocenters. The highest BCUT2D eigenvalue weighted by Crippen LogP contribution is 2.23. The lowest BCUT2D eigenvalue weighted by Crippen LogP contribution is -2.14. The molecule has 0 spiro atoms. The Kier molecular flexibility index (Phi) is 3.67. The van der Waals surface area contributed by atoms with Gasteiger partial charge in [-0.3, -0.25) is 0 Å². The summed E-state index contributed by atoms with van der Waals surface area (Å²) in [5.74, 6) is -0.871. The van der Waals surface area contributed by atoms with Crippen molar-refractivity contribution in [1.29, 1.82) is 0 Å². The Morgan fingerprint density at radius 2 is 2.17 bits per heavy atom. The summed E-state index contributed by atoms with van der Waals surface area (Å²) in [5, 5.41) is 13.3. The monoisotopic (exact) mass is 246 g/mol. The Labute approximate surface area is 106 Å². The molecule has 1 heterocycles. The Morgan fingerprint density at radius 3 is 2.78 bits per heavy atom. The number of fused-ring (bicyclic) bond motifs is 1. The molecule has 0 unspecified atom stereocenters. The molecule has 96 valence electrons. The molecule has 2 rings (SSSR count). The maximum Gasteiger partial charge on any atom is 0.336 e. The Hall–Kier alpha value is -1.81. The van der Waals surface area contributed by atoms with Crippen LogP contribution in [0.1, 0.15) is 29.9 Å². The number of aromatic nitrogens is 1. The predicted molar refractivity (Wildman–Crippen MR) is 72.0 cm³/mol. The van der Waals surface area contributed by atoms with E-state index in [1.165, 1.54) is 0 Å². The first-order valence-electron chi connectivity index (χ1n) is 6.24. The van der Waals surface area contributed by atoms with E-state index in [9.17, 15) is 9.90 Å². The molecule has 0 bridgehead atoms. The highest BCUT2D eigenvalue weighted by atomic mass is 16.4. The number of aryl methyl sites for hydroxylation is 1. The largest absolute Gasteiger partial charge is 0.478 e. The summed E-state index contributed by atoms with van der Waals surface area (Å²) in [6.45, 7) is 6.63. The lowest BCUT2D eigenvalue weighted by Gasteiger charge is -2.08. The van der Waals surface area contributed by atoms with Crippen LogP contribution in [-0.2, 0) is 13.1 Å². The zero-order valence-electron chi connectivity index (χ0n) is 10.7. The van der Waals surface area contributed by atoms with Crippen molar-refractivity contribution >= 4 is 16.9 Å². The minimum atomic E-state index is -0.871. The Morgan fingerprint density at radius 1 is 1.39 bits per heavy atom. The highest BCUT2D eigenvalue weighted by Gasteiger charge is 2.13. The molecule has 18 heavy (non-hydrogen) atoms. The number of benzene rings is 1. The van der Waals surface area contributed by atoms with E-state index in [-0.39, 0.29) is 0 Å². The standard InChI is InChI=1S/C14H18N2O2/c1-3-15-9-10-8-12-11(14(17)18)6-5-7-13(12)16(10)4-2/h5-8,15H,3-4,9H2,1-2H3,(H,17,18). The van der Waals surface area contributed by atoms with Gasteiger partial charge in [0.05, 0.1) is 5.56 Å². The summed E-state index contributed by atoms with van der Waals surface area (Å²) >= 11 is 0. The van der Waals surface area contributed by atoms with Crippen LogP contribution in [-0.4, -0.2) is 22.2 Å². The third kappa shape index (κ3) is 2.11. The van der Waals surface area contributed by atoms with Crippen LogP contribution >= 0.6 is 0 Å². The number of hydrogen-bond donors (Lipinski definition) is 2. The topological polar surface area (TPSA) is 54.3 Å². The zero-order valence-corrected chi connectivity index (χ0v) is 10.7. The first kappa shape index (κ1) is 12.6. The number of carboxylic acids is 1. The molecular formula is C14H18N2O2.